The first-order valence-electron chi connectivity index (χ1n) is 8.49. The number of benzene rings is 1. The zero-order valence-corrected chi connectivity index (χ0v) is 15.1. The Morgan fingerprint density at radius 2 is 1.88 bits per heavy atom. The van der Waals surface area contributed by atoms with Gasteiger partial charge in [-0.1, -0.05) is 19.3 Å². The lowest BCUT2D eigenvalue weighted by molar-refractivity contribution is 0.251. The molecule has 0 saturated heterocycles. The van der Waals surface area contributed by atoms with Crippen molar-refractivity contribution in [2.45, 2.75) is 49.6 Å². The molecule has 26 heavy (non-hydrogen) atoms. The fourth-order valence-electron chi connectivity index (χ4n) is 3.12. The molecule has 3 rings (SSSR count). The van der Waals surface area contributed by atoms with Crippen LogP contribution in [0.25, 0.3) is 0 Å². The third-order valence-corrected chi connectivity index (χ3v) is 5.39. The van der Waals surface area contributed by atoms with Gasteiger partial charge < -0.3 is 15.2 Å². The number of aromatic nitrogens is 3. The molecule has 1 heterocycles. The molecule has 1 aliphatic rings. The molecule has 0 spiro atoms. The number of hydrogen-bond acceptors (Lipinski definition) is 5. The molecule has 2 amide bonds. The summed E-state index contributed by atoms with van der Waals surface area (Å²) >= 11 is 0. The number of primary sulfonamides is 1. The van der Waals surface area contributed by atoms with Crippen molar-refractivity contribution in [3.63, 3.8) is 0 Å². The smallest absolute Gasteiger partial charge is 0.319 e. The molecular weight excluding hydrogens is 356 g/mol. The van der Waals surface area contributed by atoms with Gasteiger partial charge in [-0.05, 0) is 37.1 Å². The summed E-state index contributed by atoms with van der Waals surface area (Å²) in [6.45, 7) is 0.262. The number of hydrogen-bond donors (Lipinski definition) is 3. The van der Waals surface area contributed by atoms with Crippen molar-refractivity contribution >= 4 is 21.7 Å². The van der Waals surface area contributed by atoms with Crippen LogP contribution in [0.15, 0.2) is 35.5 Å². The third-order valence-electron chi connectivity index (χ3n) is 4.46. The number of carbonyl (C=O) groups is 1. The zero-order chi connectivity index (χ0) is 18.6. The second-order valence-electron chi connectivity index (χ2n) is 6.32. The quantitative estimate of drug-likeness (QED) is 0.729. The summed E-state index contributed by atoms with van der Waals surface area (Å²) in [6.07, 6.45) is 7.59. The van der Waals surface area contributed by atoms with Gasteiger partial charge in [0.1, 0.15) is 6.33 Å². The standard InChI is InChI=1S/C16H22N6O3S/c17-26(24,25)14-8-6-12(7-9-14)20-16(23)18-10-15-21-19-11-22(15)13-4-2-1-3-5-13/h6-9,11,13H,1-5,10H2,(H2,17,24,25)(H2,18,20,23). The minimum Gasteiger partial charge on any atom is -0.331 e. The maximum atomic E-state index is 12.1. The number of nitrogens with zero attached hydrogens (tertiary/aromatic N) is 3. The normalized spacial score (nSPS) is 15.6. The molecule has 9 nitrogen and oxygen atoms in total. The molecule has 0 atom stereocenters. The van der Waals surface area contributed by atoms with Gasteiger partial charge in [-0.2, -0.15) is 0 Å². The van der Waals surface area contributed by atoms with Crippen LogP contribution < -0.4 is 15.8 Å². The summed E-state index contributed by atoms with van der Waals surface area (Å²) in [7, 11) is -3.75. The molecule has 0 bridgehead atoms. The van der Waals surface area contributed by atoms with Crippen molar-refractivity contribution in [3.8, 4) is 0 Å². The Morgan fingerprint density at radius 1 is 1.19 bits per heavy atom. The second-order valence-corrected chi connectivity index (χ2v) is 7.88. The molecular formula is C16H22N6O3S. The predicted molar refractivity (Wildman–Crippen MR) is 95.8 cm³/mol. The van der Waals surface area contributed by atoms with E-state index in [2.05, 4.69) is 20.8 Å². The molecule has 0 unspecified atom stereocenters. The van der Waals surface area contributed by atoms with E-state index in [4.69, 9.17) is 5.14 Å². The topological polar surface area (TPSA) is 132 Å². The summed E-state index contributed by atoms with van der Waals surface area (Å²) in [5.74, 6) is 0.719. The molecule has 2 aromatic rings. The molecule has 1 fully saturated rings. The van der Waals surface area contributed by atoms with Gasteiger partial charge in [0.05, 0.1) is 11.4 Å². The Bertz CT molecular complexity index is 856. The molecule has 1 aliphatic carbocycles. The fourth-order valence-corrected chi connectivity index (χ4v) is 3.64. The second kappa shape index (κ2) is 7.83. The van der Waals surface area contributed by atoms with E-state index in [0.29, 0.717) is 11.7 Å². The van der Waals surface area contributed by atoms with Gasteiger partial charge >= 0.3 is 6.03 Å². The first kappa shape index (κ1) is 18.3. The summed E-state index contributed by atoms with van der Waals surface area (Å²) in [4.78, 5) is 12.0. The highest BCUT2D eigenvalue weighted by Gasteiger charge is 2.18. The van der Waals surface area contributed by atoms with Crippen molar-refractivity contribution in [3.05, 3.63) is 36.4 Å². The highest BCUT2D eigenvalue weighted by atomic mass is 32.2. The van der Waals surface area contributed by atoms with Crippen LogP contribution in [0.2, 0.25) is 0 Å². The van der Waals surface area contributed by atoms with Gasteiger partial charge in [0.2, 0.25) is 10.0 Å². The SMILES string of the molecule is NS(=O)(=O)c1ccc(NC(=O)NCc2nncn2C2CCCCC2)cc1. The Balaban J connectivity index is 1.55. The van der Waals surface area contributed by atoms with Crippen molar-refractivity contribution in [1.29, 1.82) is 0 Å². The van der Waals surface area contributed by atoms with E-state index in [1.165, 1.54) is 43.5 Å². The molecule has 140 valence electrons. The molecule has 1 aromatic carbocycles. The maximum Gasteiger partial charge on any atom is 0.319 e. The minimum absolute atomic E-state index is 0.0101. The third kappa shape index (κ3) is 4.58. The largest absolute Gasteiger partial charge is 0.331 e. The summed E-state index contributed by atoms with van der Waals surface area (Å²) in [5, 5.41) is 18.5. The van der Waals surface area contributed by atoms with E-state index < -0.39 is 16.1 Å². The lowest BCUT2D eigenvalue weighted by Crippen LogP contribution is -2.30. The van der Waals surface area contributed by atoms with Gasteiger partial charge in [-0.25, -0.2) is 18.4 Å². The first-order chi connectivity index (χ1) is 12.4. The monoisotopic (exact) mass is 378 g/mol. The molecule has 10 heteroatoms. The number of sulfonamides is 1. The molecule has 1 saturated carbocycles. The van der Waals surface area contributed by atoms with Crippen molar-refractivity contribution < 1.29 is 13.2 Å². The van der Waals surface area contributed by atoms with Crippen LogP contribution in [0.1, 0.15) is 44.0 Å². The van der Waals surface area contributed by atoms with Gasteiger partial charge in [0.25, 0.3) is 0 Å². The summed E-state index contributed by atoms with van der Waals surface area (Å²) < 4.78 is 24.5. The zero-order valence-electron chi connectivity index (χ0n) is 14.3. The average molecular weight is 378 g/mol. The van der Waals surface area contributed by atoms with E-state index in [1.807, 2.05) is 4.57 Å². The van der Waals surface area contributed by atoms with E-state index in [1.54, 1.807) is 6.33 Å². The van der Waals surface area contributed by atoms with Crippen LogP contribution in [0.3, 0.4) is 0 Å². The number of urea groups is 1. The van der Waals surface area contributed by atoms with Crippen molar-refractivity contribution in [1.82, 2.24) is 20.1 Å². The summed E-state index contributed by atoms with van der Waals surface area (Å²) in [5.41, 5.74) is 0.462. The van der Waals surface area contributed by atoms with Crippen LogP contribution in [0, 0.1) is 0 Å². The molecule has 4 N–H and O–H groups in total. The summed E-state index contributed by atoms with van der Waals surface area (Å²) in [6, 6.07) is 5.61. The Kier molecular flexibility index (Phi) is 5.52. The van der Waals surface area contributed by atoms with Gasteiger partial charge in [0, 0.05) is 11.7 Å². The first-order valence-corrected chi connectivity index (χ1v) is 10.0. The number of carbonyl (C=O) groups excluding carboxylic acids is 1. The average Bonchev–Trinajstić information content (AvgIpc) is 3.09. The number of rotatable bonds is 5. The Hall–Kier alpha value is -2.46. The van der Waals surface area contributed by atoms with Crippen molar-refractivity contribution in [2.24, 2.45) is 5.14 Å². The Labute approximate surface area is 152 Å². The molecule has 0 radical (unpaired) electrons. The predicted octanol–water partition coefficient (Wildman–Crippen LogP) is 1.75. The van der Waals surface area contributed by atoms with Crippen LogP contribution in [0.4, 0.5) is 10.5 Å². The van der Waals surface area contributed by atoms with Crippen molar-refractivity contribution in [2.75, 3.05) is 5.32 Å². The van der Waals surface area contributed by atoms with Gasteiger partial charge in [-0.15, -0.1) is 10.2 Å². The molecule has 1 aromatic heterocycles. The maximum absolute atomic E-state index is 12.1. The highest BCUT2D eigenvalue weighted by Crippen LogP contribution is 2.28. The fraction of sp³-hybridized carbons (Fsp3) is 0.438. The van der Waals surface area contributed by atoms with Gasteiger partial charge in [0.15, 0.2) is 5.82 Å². The van der Waals surface area contributed by atoms with Crippen LogP contribution in [0.5, 0.6) is 0 Å². The van der Waals surface area contributed by atoms with Crippen LogP contribution in [-0.2, 0) is 16.6 Å². The lowest BCUT2D eigenvalue weighted by atomic mass is 9.95. The number of anilines is 1. The van der Waals surface area contributed by atoms with Gasteiger partial charge in [-0.3, -0.25) is 0 Å². The van der Waals surface area contributed by atoms with Crippen LogP contribution >= 0.6 is 0 Å². The number of amides is 2. The molecule has 0 aliphatic heterocycles. The van der Waals surface area contributed by atoms with E-state index >= 15 is 0 Å². The van der Waals surface area contributed by atoms with E-state index in [9.17, 15) is 13.2 Å². The van der Waals surface area contributed by atoms with Crippen LogP contribution in [-0.4, -0.2) is 29.2 Å². The number of nitrogens with two attached hydrogens (primary N) is 1. The lowest BCUT2D eigenvalue weighted by Gasteiger charge is -2.24. The number of nitrogens with one attached hydrogen (secondary N) is 2. The Morgan fingerprint density at radius 3 is 2.54 bits per heavy atom. The highest BCUT2D eigenvalue weighted by molar-refractivity contribution is 7.89. The van der Waals surface area contributed by atoms with E-state index in [-0.39, 0.29) is 11.4 Å². The van der Waals surface area contributed by atoms with E-state index in [0.717, 1.165) is 18.7 Å². The minimum atomic E-state index is -3.75.